The van der Waals surface area contributed by atoms with Gasteiger partial charge < -0.3 is 5.32 Å². The van der Waals surface area contributed by atoms with Crippen LogP contribution in [0.1, 0.15) is 22.6 Å². The minimum atomic E-state index is -0.356. The van der Waals surface area contributed by atoms with Gasteiger partial charge in [-0.15, -0.1) is 0 Å². The summed E-state index contributed by atoms with van der Waals surface area (Å²) in [6.07, 6.45) is 0. The zero-order valence-corrected chi connectivity index (χ0v) is 16.3. The number of benzene rings is 1. The first-order valence-electron chi connectivity index (χ1n) is 8.42. The number of nitrogens with zero attached hydrogens (tertiary/aromatic N) is 4. The predicted octanol–water partition coefficient (Wildman–Crippen LogP) is 2.95. The van der Waals surface area contributed by atoms with Gasteiger partial charge in [0.05, 0.1) is 5.69 Å². The fourth-order valence-corrected chi connectivity index (χ4v) is 2.94. The molecule has 7 nitrogen and oxygen atoms in total. The number of hydrogen-bond acceptors (Lipinski definition) is 4. The van der Waals surface area contributed by atoms with E-state index in [1.165, 1.54) is 10.6 Å². The van der Waals surface area contributed by atoms with Crippen LogP contribution in [0.4, 0.5) is 5.69 Å². The van der Waals surface area contributed by atoms with E-state index in [-0.39, 0.29) is 18.0 Å². The Hall–Kier alpha value is -2.93. The van der Waals surface area contributed by atoms with E-state index in [9.17, 15) is 9.59 Å². The summed E-state index contributed by atoms with van der Waals surface area (Å²) >= 11 is 6.10. The third-order valence-electron chi connectivity index (χ3n) is 4.07. The maximum Gasteiger partial charge on any atom is 0.255 e. The second-order valence-electron chi connectivity index (χ2n) is 6.47. The standard InChI is InChI=1S/C19H20ClN5O2/c1-11-5-6-15(9-16(11)20)22-17(26)10-24-18(27)8-12(2)21-19(24)25-14(4)7-13(3)23-25/h5-9H,10H2,1-4H3,(H,22,26). The maximum absolute atomic E-state index is 12.5. The van der Waals surface area contributed by atoms with Crippen molar-refractivity contribution in [2.75, 3.05) is 5.32 Å². The van der Waals surface area contributed by atoms with Gasteiger partial charge in [-0.25, -0.2) is 9.67 Å². The molecule has 8 heteroatoms. The summed E-state index contributed by atoms with van der Waals surface area (Å²) in [6, 6.07) is 8.53. The van der Waals surface area contributed by atoms with Crippen molar-refractivity contribution in [2.45, 2.75) is 34.2 Å². The molecule has 0 saturated heterocycles. The van der Waals surface area contributed by atoms with Crippen molar-refractivity contribution in [2.24, 2.45) is 0 Å². The van der Waals surface area contributed by atoms with Crippen LogP contribution in [-0.4, -0.2) is 25.2 Å². The number of anilines is 1. The third-order valence-corrected chi connectivity index (χ3v) is 4.48. The number of hydrogen-bond donors (Lipinski definition) is 1. The van der Waals surface area contributed by atoms with Gasteiger partial charge in [0.15, 0.2) is 0 Å². The molecular weight excluding hydrogens is 366 g/mol. The van der Waals surface area contributed by atoms with Gasteiger partial charge in [0, 0.05) is 28.2 Å². The van der Waals surface area contributed by atoms with E-state index in [1.54, 1.807) is 23.7 Å². The Balaban J connectivity index is 1.94. The molecule has 0 radical (unpaired) electrons. The Kier molecular flexibility index (Phi) is 5.14. The van der Waals surface area contributed by atoms with Gasteiger partial charge >= 0.3 is 0 Å². The number of nitrogens with one attached hydrogen (secondary N) is 1. The molecule has 0 atom stereocenters. The topological polar surface area (TPSA) is 81.8 Å². The molecule has 0 aliphatic heterocycles. The molecular formula is C19H20ClN5O2. The van der Waals surface area contributed by atoms with Crippen molar-refractivity contribution < 1.29 is 4.79 Å². The Morgan fingerprint density at radius 1 is 1.11 bits per heavy atom. The minimum absolute atomic E-state index is 0.189. The number of amides is 1. The summed E-state index contributed by atoms with van der Waals surface area (Å²) in [5, 5.41) is 7.70. The van der Waals surface area contributed by atoms with Gasteiger partial charge in [-0.05, 0) is 51.5 Å². The molecule has 1 amide bonds. The molecule has 0 aliphatic carbocycles. The van der Waals surface area contributed by atoms with Crippen molar-refractivity contribution >= 4 is 23.2 Å². The van der Waals surface area contributed by atoms with Gasteiger partial charge in [0.2, 0.25) is 11.9 Å². The Bertz CT molecular complexity index is 1080. The number of carbonyl (C=O) groups excluding carboxylic acids is 1. The smallest absolute Gasteiger partial charge is 0.255 e. The lowest BCUT2D eigenvalue weighted by atomic mass is 10.2. The van der Waals surface area contributed by atoms with Crippen molar-refractivity contribution in [3.8, 4) is 5.95 Å². The lowest BCUT2D eigenvalue weighted by molar-refractivity contribution is -0.116. The lowest BCUT2D eigenvalue weighted by Crippen LogP contribution is -2.32. The average molecular weight is 386 g/mol. The summed E-state index contributed by atoms with van der Waals surface area (Å²) < 4.78 is 2.87. The minimum Gasteiger partial charge on any atom is -0.324 e. The van der Waals surface area contributed by atoms with Gasteiger partial charge in [0.1, 0.15) is 6.54 Å². The number of aromatic nitrogens is 4. The zero-order chi connectivity index (χ0) is 19.7. The fourth-order valence-electron chi connectivity index (χ4n) is 2.76. The molecule has 0 bridgehead atoms. The molecule has 2 heterocycles. The summed E-state index contributed by atoms with van der Waals surface area (Å²) in [6.45, 7) is 7.15. The molecule has 27 heavy (non-hydrogen) atoms. The van der Waals surface area contributed by atoms with Crippen LogP contribution in [0.15, 0.2) is 35.1 Å². The normalized spacial score (nSPS) is 10.9. The van der Waals surface area contributed by atoms with Crippen LogP contribution < -0.4 is 10.9 Å². The number of halogens is 1. The second kappa shape index (κ2) is 7.36. The van der Waals surface area contributed by atoms with Crippen LogP contribution in [0.25, 0.3) is 5.95 Å². The van der Waals surface area contributed by atoms with Gasteiger partial charge in [0.25, 0.3) is 5.56 Å². The molecule has 0 spiro atoms. The Morgan fingerprint density at radius 2 is 1.85 bits per heavy atom. The van der Waals surface area contributed by atoms with Crippen LogP contribution >= 0.6 is 11.6 Å². The highest BCUT2D eigenvalue weighted by atomic mass is 35.5. The van der Waals surface area contributed by atoms with E-state index < -0.39 is 0 Å². The lowest BCUT2D eigenvalue weighted by Gasteiger charge is -2.14. The van der Waals surface area contributed by atoms with E-state index in [2.05, 4.69) is 15.4 Å². The van der Waals surface area contributed by atoms with E-state index in [4.69, 9.17) is 11.6 Å². The average Bonchev–Trinajstić information content (AvgIpc) is 2.91. The van der Waals surface area contributed by atoms with Crippen LogP contribution in [0.2, 0.25) is 5.02 Å². The molecule has 0 fully saturated rings. The van der Waals surface area contributed by atoms with E-state index in [0.717, 1.165) is 17.0 Å². The van der Waals surface area contributed by atoms with Gasteiger partial charge in [-0.3, -0.25) is 14.2 Å². The van der Waals surface area contributed by atoms with Crippen molar-refractivity contribution in [3.05, 3.63) is 68.4 Å². The molecule has 0 unspecified atom stereocenters. The number of carbonyl (C=O) groups is 1. The van der Waals surface area contributed by atoms with Crippen molar-refractivity contribution in [1.82, 2.24) is 19.3 Å². The molecule has 1 N–H and O–H groups in total. The van der Waals surface area contributed by atoms with E-state index in [0.29, 0.717) is 22.4 Å². The quantitative estimate of drug-likeness (QED) is 0.748. The maximum atomic E-state index is 12.5. The molecule has 140 valence electrons. The van der Waals surface area contributed by atoms with E-state index in [1.807, 2.05) is 32.9 Å². The molecule has 3 rings (SSSR count). The second-order valence-corrected chi connectivity index (χ2v) is 6.88. The molecule has 1 aromatic carbocycles. The number of aryl methyl sites for hydroxylation is 4. The first-order valence-corrected chi connectivity index (χ1v) is 8.80. The van der Waals surface area contributed by atoms with Crippen LogP contribution in [0, 0.1) is 27.7 Å². The van der Waals surface area contributed by atoms with Gasteiger partial charge in [-0.2, -0.15) is 5.10 Å². The highest BCUT2D eigenvalue weighted by molar-refractivity contribution is 6.31. The predicted molar refractivity (Wildman–Crippen MR) is 105 cm³/mol. The third kappa shape index (κ3) is 4.09. The SMILES string of the molecule is Cc1cc(=O)n(CC(=O)Nc2ccc(C)c(Cl)c2)c(-n2nc(C)cc2C)n1. The highest BCUT2D eigenvalue weighted by Gasteiger charge is 2.16. The summed E-state index contributed by atoms with van der Waals surface area (Å²) in [5.41, 5.74) is 3.35. The molecule has 0 aliphatic rings. The Labute approximate surface area is 161 Å². The van der Waals surface area contributed by atoms with Crippen LogP contribution in [0.5, 0.6) is 0 Å². The van der Waals surface area contributed by atoms with Crippen LogP contribution in [-0.2, 0) is 11.3 Å². The van der Waals surface area contributed by atoms with Crippen molar-refractivity contribution in [1.29, 1.82) is 0 Å². The van der Waals surface area contributed by atoms with Gasteiger partial charge in [-0.1, -0.05) is 17.7 Å². The number of rotatable bonds is 4. The largest absolute Gasteiger partial charge is 0.324 e. The monoisotopic (exact) mass is 385 g/mol. The van der Waals surface area contributed by atoms with E-state index >= 15 is 0 Å². The molecule has 0 saturated carbocycles. The Morgan fingerprint density at radius 3 is 2.48 bits per heavy atom. The highest BCUT2D eigenvalue weighted by Crippen LogP contribution is 2.20. The molecule has 3 aromatic rings. The zero-order valence-electron chi connectivity index (χ0n) is 15.6. The first kappa shape index (κ1) is 18.8. The summed E-state index contributed by atoms with van der Waals surface area (Å²) in [7, 11) is 0. The summed E-state index contributed by atoms with van der Waals surface area (Å²) in [5.74, 6) is -0.0480. The molecule has 2 aromatic heterocycles. The van der Waals surface area contributed by atoms with Crippen molar-refractivity contribution in [3.63, 3.8) is 0 Å². The first-order chi connectivity index (χ1) is 12.7. The fraction of sp³-hybridized carbons (Fsp3) is 0.263. The van der Waals surface area contributed by atoms with Crippen LogP contribution in [0.3, 0.4) is 0 Å². The summed E-state index contributed by atoms with van der Waals surface area (Å²) in [4.78, 5) is 29.5.